The van der Waals surface area contributed by atoms with Gasteiger partial charge in [0.1, 0.15) is 0 Å². The normalized spacial score (nSPS) is 27.6. The van der Waals surface area contributed by atoms with E-state index in [1.54, 1.807) is 4.90 Å². The second-order valence-electron chi connectivity index (χ2n) is 4.28. The maximum absolute atomic E-state index is 11.5. The van der Waals surface area contributed by atoms with Crippen molar-refractivity contribution >= 4 is 23.8 Å². The third-order valence-electron chi connectivity index (χ3n) is 3.24. The minimum Gasteiger partial charge on any atom is -0.396 e. The third-order valence-corrected chi connectivity index (χ3v) is 3.50. The molecule has 0 spiro atoms. The van der Waals surface area contributed by atoms with Crippen molar-refractivity contribution in [1.29, 1.82) is 0 Å². The van der Waals surface area contributed by atoms with Crippen molar-refractivity contribution in [3.63, 3.8) is 0 Å². The summed E-state index contributed by atoms with van der Waals surface area (Å²) in [6.07, 6.45) is 2.10. The summed E-state index contributed by atoms with van der Waals surface area (Å²) in [5.74, 6) is -0.451. The fourth-order valence-electron chi connectivity index (χ4n) is 2.19. The van der Waals surface area contributed by atoms with E-state index in [2.05, 4.69) is 0 Å². The number of carbonyl (C=O) groups excluding carboxylic acids is 2. The van der Waals surface area contributed by atoms with Crippen LogP contribution in [-0.2, 0) is 9.59 Å². The first-order valence-corrected chi connectivity index (χ1v) is 5.77. The summed E-state index contributed by atoms with van der Waals surface area (Å²) in [7, 11) is 0. The first-order chi connectivity index (χ1) is 7.59. The minimum absolute atomic E-state index is 0.163. The number of ketones is 1. The summed E-state index contributed by atoms with van der Waals surface area (Å²) in [5.41, 5.74) is 5.10. The number of nitrogens with zero attached hydrogens (tertiary/aromatic N) is 1. The van der Waals surface area contributed by atoms with Gasteiger partial charge in [-0.2, -0.15) is 0 Å². The highest BCUT2D eigenvalue weighted by Crippen LogP contribution is 2.32. The van der Waals surface area contributed by atoms with Crippen molar-refractivity contribution in [3.8, 4) is 0 Å². The molecule has 1 saturated heterocycles. The molecular weight excluding hydrogens is 232 g/mol. The highest BCUT2D eigenvalue weighted by Gasteiger charge is 2.42. The van der Waals surface area contributed by atoms with E-state index in [0.29, 0.717) is 19.5 Å². The van der Waals surface area contributed by atoms with Gasteiger partial charge >= 0.3 is 0 Å². The quantitative estimate of drug-likeness (QED) is 0.500. The van der Waals surface area contributed by atoms with E-state index < -0.39 is 11.5 Å². The Kier molecular flexibility index (Phi) is 4.70. The van der Waals surface area contributed by atoms with Gasteiger partial charge in [-0.1, -0.05) is 0 Å². The first-order valence-electron chi connectivity index (χ1n) is 5.24. The number of aliphatic hydroxyl groups is 1. The number of amides is 1. The predicted octanol–water partition coefficient (Wildman–Crippen LogP) is -0.648. The highest BCUT2D eigenvalue weighted by molar-refractivity contribution is 6.28. The zero-order valence-corrected chi connectivity index (χ0v) is 9.82. The molecule has 0 radical (unpaired) electrons. The number of carbonyl (C=O) groups is 2. The molecule has 1 amide bonds. The Balaban J connectivity index is 2.83. The Hall–Kier alpha value is -0.650. The molecule has 0 aliphatic carbocycles. The Labute approximate surface area is 99.5 Å². The van der Waals surface area contributed by atoms with Gasteiger partial charge in [-0.25, -0.2) is 0 Å². The van der Waals surface area contributed by atoms with Crippen LogP contribution in [0.15, 0.2) is 0 Å². The van der Waals surface area contributed by atoms with E-state index in [9.17, 15) is 14.7 Å². The number of aliphatic hydroxyl groups excluding tert-OH is 1. The SMILES string of the molecule is NC(C(=O)CCl)C1(CO)CCCN(C=O)C1. The summed E-state index contributed by atoms with van der Waals surface area (Å²) in [6, 6.07) is -0.808. The number of halogens is 1. The number of hydrogen-bond donors (Lipinski definition) is 2. The smallest absolute Gasteiger partial charge is 0.209 e. The number of alkyl halides is 1. The molecule has 0 aromatic carbocycles. The molecule has 1 aliphatic heterocycles. The molecule has 1 aliphatic rings. The predicted molar refractivity (Wildman–Crippen MR) is 60.1 cm³/mol. The van der Waals surface area contributed by atoms with Gasteiger partial charge < -0.3 is 15.7 Å². The lowest BCUT2D eigenvalue weighted by atomic mass is 9.73. The summed E-state index contributed by atoms with van der Waals surface area (Å²) in [4.78, 5) is 23.8. The second-order valence-corrected chi connectivity index (χ2v) is 4.54. The van der Waals surface area contributed by atoms with Gasteiger partial charge in [0.05, 0.1) is 18.5 Å². The Morgan fingerprint density at radius 2 is 2.38 bits per heavy atom. The Bertz CT molecular complexity index is 275. The van der Waals surface area contributed by atoms with Crippen LogP contribution < -0.4 is 5.73 Å². The molecule has 92 valence electrons. The van der Waals surface area contributed by atoms with Crippen molar-refractivity contribution < 1.29 is 14.7 Å². The number of nitrogens with two attached hydrogens (primary N) is 1. The van der Waals surface area contributed by atoms with Gasteiger partial charge in [-0.3, -0.25) is 9.59 Å². The molecule has 16 heavy (non-hydrogen) atoms. The summed E-state index contributed by atoms with van der Waals surface area (Å²) >= 11 is 5.46. The molecular formula is C10H17ClN2O3. The van der Waals surface area contributed by atoms with E-state index in [4.69, 9.17) is 17.3 Å². The van der Waals surface area contributed by atoms with Crippen LogP contribution in [0.25, 0.3) is 0 Å². The van der Waals surface area contributed by atoms with Gasteiger partial charge in [0, 0.05) is 18.5 Å². The van der Waals surface area contributed by atoms with Gasteiger partial charge in [0.2, 0.25) is 6.41 Å². The summed E-state index contributed by atoms with van der Waals surface area (Å²) in [6.45, 7) is 0.755. The van der Waals surface area contributed by atoms with Crippen molar-refractivity contribution in [1.82, 2.24) is 4.90 Å². The number of piperidine rings is 1. The standard InChI is InChI=1S/C10H17ClN2O3/c11-4-8(16)9(12)10(6-14)2-1-3-13(5-10)7-15/h7,9,14H,1-6,12H2. The first kappa shape index (κ1) is 13.4. The van der Waals surface area contributed by atoms with Crippen molar-refractivity contribution in [3.05, 3.63) is 0 Å². The average Bonchev–Trinajstić information content (AvgIpc) is 2.36. The van der Waals surface area contributed by atoms with Gasteiger partial charge in [-0.15, -0.1) is 11.6 Å². The molecule has 0 aromatic rings. The second kappa shape index (κ2) is 5.61. The zero-order valence-electron chi connectivity index (χ0n) is 9.06. The van der Waals surface area contributed by atoms with Crippen LogP contribution >= 0.6 is 11.6 Å². The van der Waals surface area contributed by atoms with Gasteiger partial charge in [0.25, 0.3) is 0 Å². The summed E-state index contributed by atoms with van der Waals surface area (Å²) < 4.78 is 0. The lowest BCUT2D eigenvalue weighted by Gasteiger charge is -2.43. The number of likely N-dealkylation sites (tertiary alicyclic amines) is 1. The zero-order chi connectivity index (χ0) is 12.2. The van der Waals surface area contributed by atoms with E-state index in [0.717, 1.165) is 12.8 Å². The van der Waals surface area contributed by atoms with Crippen LogP contribution in [0.5, 0.6) is 0 Å². The topological polar surface area (TPSA) is 83.6 Å². The third kappa shape index (κ3) is 2.53. The average molecular weight is 249 g/mol. The van der Waals surface area contributed by atoms with Gasteiger partial charge in [0.15, 0.2) is 5.78 Å². The number of Topliss-reactive ketones (excluding diaryl/α,β-unsaturated/α-hetero) is 1. The van der Waals surface area contributed by atoms with Crippen molar-refractivity contribution in [2.45, 2.75) is 18.9 Å². The van der Waals surface area contributed by atoms with Crippen LogP contribution in [0.1, 0.15) is 12.8 Å². The lowest BCUT2D eigenvalue weighted by Crippen LogP contribution is -2.58. The molecule has 3 N–H and O–H groups in total. The van der Waals surface area contributed by atoms with Crippen molar-refractivity contribution in [2.24, 2.45) is 11.1 Å². The Morgan fingerprint density at radius 1 is 1.69 bits per heavy atom. The summed E-state index contributed by atoms with van der Waals surface area (Å²) in [5, 5.41) is 9.45. The van der Waals surface area contributed by atoms with E-state index in [1.807, 2.05) is 0 Å². The molecule has 5 nitrogen and oxygen atoms in total. The monoisotopic (exact) mass is 248 g/mol. The van der Waals surface area contributed by atoms with Crippen LogP contribution in [0.2, 0.25) is 0 Å². The van der Waals surface area contributed by atoms with Crippen LogP contribution in [0.3, 0.4) is 0 Å². The molecule has 2 unspecified atom stereocenters. The fourth-order valence-corrected chi connectivity index (χ4v) is 2.36. The molecule has 2 atom stereocenters. The van der Waals surface area contributed by atoms with Crippen molar-refractivity contribution in [2.75, 3.05) is 25.6 Å². The largest absolute Gasteiger partial charge is 0.396 e. The van der Waals surface area contributed by atoms with E-state index in [1.165, 1.54) is 0 Å². The molecule has 1 fully saturated rings. The van der Waals surface area contributed by atoms with E-state index in [-0.39, 0.29) is 18.3 Å². The van der Waals surface area contributed by atoms with Crippen LogP contribution in [0, 0.1) is 5.41 Å². The minimum atomic E-state index is -0.808. The number of hydrogen-bond acceptors (Lipinski definition) is 4. The maximum atomic E-state index is 11.5. The van der Waals surface area contributed by atoms with E-state index >= 15 is 0 Å². The highest BCUT2D eigenvalue weighted by atomic mass is 35.5. The molecule has 1 rings (SSSR count). The molecule has 6 heteroatoms. The number of rotatable bonds is 5. The molecule has 0 aromatic heterocycles. The van der Waals surface area contributed by atoms with Crippen LogP contribution in [-0.4, -0.2) is 53.8 Å². The fraction of sp³-hybridized carbons (Fsp3) is 0.800. The molecule has 1 heterocycles. The lowest BCUT2D eigenvalue weighted by molar-refractivity contribution is -0.129. The van der Waals surface area contributed by atoms with Gasteiger partial charge in [-0.05, 0) is 12.8 Å². The molecule has 0 saturated carbocycles. The molecule has 0 bridgehead atoms. The maximum Gasteiger partial charge on any atom is 0.209 e. The van der Waals surface area contributed by atoms with Crippen LogP contribution in [0.4, 0.5) is 0 Å². The Morgan fingerprint density at radius 3 is 2.88 bits per heavy atom.